The van der Waals surface area contributed by atoms with Crippen molar-refractivity contribution in [2.45, 2.75) is 18.6 Å². The van der Waals surface area contributed by atoms with Crippen molar-refractivity contribution in [2.24, 2.45) is 7.05 Å². The Labute approximate surface area is 130 Å². The number of aryl methyl sites for hydroxylation is 1. The van der Waals surface area contributed by atoms with Crippen LogP contribution in [0.1, 0.15) is 17.5 Å². The van der Waals surface area contributed by atoms with Gasteiger partial charge in [-0.15, -0.1) is 10.2 Å². The van der Waals surface area contributed by atoms with Crippen LogP contribution in [0.2, 0.25) is 0 Å². The van der Waals surface area contributed by atoms with Crippen molar-refractivity contribution in [1.29, 1.82) is 0 Å². The van der Waals surface area contributed by atoms with E-state index in [1.54, 1.807) is 6.33 Å². The predicted molar refractivity (Wildman–Crippen MR) is 82.3 cm³/mol. The number of benzene rings is 1. The molecule has 2 aromatic rings. The van der Waals surface area contributed by atoms with E-state index in [4.69, 9.17) is 4.74 Å². The molecule has 1 N–H and O–H groups in total. The SMILES string of the molecule is Cn1cnnc1[C@@H]1CN(C[C@H](O)Cc2ccccc2)CCO1. The molecule has 6 nitrogen and oxygen atoms in total. The minimum absolute atomic E-state index is 0.0785. The lowest BCUT2D eigenvalue weighted by Crippen LogP contribution is -2.43. The molecular formula is C16H22N4O2. The van der Waals surface area contributed by atoms with E-state index in [-0.39, 0.29) is 12.2 Å². The second-order valence-corrected chi connectivity index (χ2v) is 5.76. The zero-order chi connectivity index (χ0) is 15.4. The fourth-order valence-corrected chi connectivity index (χ4v) is 2.86. The first-order valence-corrected chi connectivity index (χ1v) is 7.62. The second kappa shape index (κ2) is 7.00. The van der Waals surface area contributed by atoms with Gasteiger partial charge in [0.15, 0.2) is 5.82 Å². The zero-order valence-electron chi connectivity index (χ0n) is 12.8. The third-order valence-corrected chi connectivity index (χ3v) is 3.97. The van der Waals surface area contributed by atoms with Crippen LogP contribution in [-0.4, -0.2) is 57.1 Å². The molecule has 0 bridgehead atoms. The topological polar surface area (TPSA) is 63.4 Å². The number of aliphatic hydroxyl groups is 1. The van der Waals surface area contributed by atoms with Gasteiger partial charge < -0.3 is 14.4 Å². The summed E-state index contributed by atoms with van der Waals surface area (Å²) in [6, 6.07) is 10.1. The van der Waals surface area contributed by atoms with Crippen molar-refractivity contribution in [2.75, 3.05) is 26.2 Å². The zero-order valence-corrected chi connectivity index (χ0v) is 12.8. The van der Waals surface area contributed by atoms with Crippen LogP contribution in [-0.2, 0) is 18.2 Å². The average Bonchev–Trinajstić information content (AvgIpc) is 2.94. The van der Waals surface area contributed by atoms with Gasteiger partial charge in [-0.2, -0.15) is 0 Å². The van der Waals surface area contributed by atoms with Gasteiger partial charge in [-0.3, -0.25) is 4.90 Å². The molecule has 0 unspecified atom stereocenters. The van der Waals surface area contributed by atoms with Gasteiger partial charge in [-0.05, 0) is 12.0 Å². The molecule has 0 spiro atoms. The third-order valence-electron chi connectivity index (χ3n) is 3.97. The molecule has 1 aromatic heterocycles. The minimum atomic E-state index is -0.374. The Balaban J connectivity index is 1.55. The maximum atomic E-state index is 10.3. The number of rotatable bonds is 5. The predicted octanol–water partition coefficient (Wildman–Crippen LogP) is 0.792. The van der Waals surface area contributed by atoms with E-state index in [0.717, 1.165) is 24.5 Å². The fourth-order valence-electron chi connectivity index (χ4n) is 2.86. The second-order valence-electron chi connectivity index (χ2n) is 5.76. The van der Waals surface area contributed by atoms with E-state index in [2.05, 4.69) is 15.1 Å². The number of β-amino-alcohol motifs (C(OH)–C–C–N with tert-alkyl or cyclic N) is 1. The Morgan fingerprint density at radius 1 is 1.36 bits per heavy atom. The number of hydrogen-bond acceptors (Lipinski definition) is 5. The molecule has 1 aliphatic rings. The lowest BCUT2D eigenvalue weighted by Gasteiger charge is -2.33. The molecule has 0 amide bonds. The highest BCUT2D eigenvalue weighted by Gasteiger charge is 2.26. The van der Waals surface area contributed by atoms with Gasteiger partial charge in [0.2, 0.25) is 0 Å². The summed E-state index contributed by atoms with van der Waals surface area (Å²) in [4.78, 5) is 2.23. The Hall–Kier alpha value is -1.76. The highest BCUT2D eigenvalue weighted by molar-refractivity contribution is 5.15. The lowest BCUT2D eigenvalue weighted by atomic mass is 10.1. The van der Waals surface area contributed by atoms with Gasteiger partial charge in [0, 0.05) is 26.7 Å². The number of morpholine rings is 1. The van der Waals surface area contributed by atoms with Gasteiger partial charge in [0.05, 0.1) is 12.7 Å². The molecule has 6 heteroatoms. The maximum Gasteiger partial charge on any atom is 0.163 e. The monoisotopic (exact) mass is 302 g/mol. The van der Waals surface area contributed by atoms with Crippen molar-refractivity contribution < 1.29 is 9.84 Å². The molecule has 1 aliphatic heterocycles. The molecule has 2 atom stereocenters. The Bertz CT molecular complexity index is 587. The van der Waals surface area contributed by atoms with Crippen LogP contribution in [0.3, 0.4) is 0 Å². The highest BCUT2D eigenvalue weighted by Crippen LogP contribution is 2.20. The van der Waals surface area contributed by atoms with Crippen LogP contribution in [0.25, 0.3) is 0 Å². The molecule has 118 valence electrons. The molecule has 2 heterocycles. The van der Waals surface area contributed by atoms with Crippen LogP contribution in [0.4, 0.5) is 0 Å². The Morgan fingerprint density at radius 3 is 2.91 bits per heavy atom. The summed E-state index contributed by atoms with van der Waals surface area (Å²) in [6.45, 7) is 2.86. The van der Waals surface area contributed by atoms with Gasteiger partial charge in [0.25, 0.3) is 0 Å². The van der Waals surface area contributed by atoms with Crippen LogP contribution < -0.4 is 0 Å². The smallest absolute Gasteiger partial charge is 0.163 e. The molecule has 0 saturated carbocycles. The van der Waals surface area contributed by atoms with Crippen LogP contribution in [0, 0.1) is 0 Å². The van der Waals surface area contributed by atoms with Crippen molar-refractivity contribution in [3.63, 3.8) is 0 Å². The third kappa shape index (κ3) is 3.71. The van der Waals surface area contributed by atoms with Crippen LogP contribution >= 0.6 is 0 Å². The number of hydrogen-bond donors (Lipinski definition) is 1. The van der Waals surface area contributed by atoms with E-state index in [0.29, 0.717) is 19.6 Å². The molecule has 0 radical (unpaired) electrons. The van der Waals surface area contributed by atoms with E-state index >= 15 is 0 Å². The summed E-state index contributed by atoms with van der Waals surface area (Å²) in [5, 5.41) is 18.3. The van der Waals surface area contributed by atoms with Crippen molar-refractivity contribution in [3.8, 4) is 0 Å². The average molecular weight is 302 g/mol. The summed E-state index contributed by atoms with van der Waals surface area (Å²) < 4.78 is 7.67. The summed E-state index contributed by atoms with van der Waals surface area (Å²) in [6.07, 6.45) is 1.90. The lowest BCUT2D eigenvalue weighted by molar-refractivity contribution is -0.0469. The maximum absolute atomic E-state index is 10.3. The molecular weight excluding hydrogens is 280 g/mol. The molecule has 1 saturated heterocycles. The number of ether oxygens (including phenoxy) is 1. The first kappa shape index (κ1) is 15.1. The van der Waals surface area contributed by atoms with Gasteiger partial charge in [0.1, 0.15) is 12.4 Å². The van der Waals surface area contributed by atoms with Crippen LogP contribution in [0.5, 0.6) is 0 Å². The van der Waals surface area contributed by atoms with Crippen LogP contribution in [0.15, 0.2) is 36.7 Å². The summed E-state index contributed by atoms with van der Waals surface area (Å²) in [7, 11) is 1.92. The van der Waals surface area contributed by atoms with E-state index < -0.39 is 0 Å². The summed E-state index contributed by atoms with van der Waals surface area (Å²) >= 11 is 0. The van der Waals surface area contributed by atoms with Gasteiger partial charge in [-0.1, -0.05) is 30.3 Å². The standard InChI is InChI=1S/C16H22N4O2/c1-19-12-17-18-16(19)15-11-20(7-8-22-15)10-14(21)9-13-5-3-2-4-6-13/h2-6,12,14-15,21H,7-11H2,1H3/t14-,15+/m1/s1. The summed E-state index contributed by atoms with van der Waals surface area (Å²) in [5.74, 6) is 0.835. The highest BCUT2D eigenvalue weighted by atomic mass is 16.5. The minimum Gasteiger partial charge on any atom is -0.391 e. The van der Waals surface area contributed by atoms with Gasteiger partial charge in [-0.25, -0.2) is 0 Å². The van der Waals surface area contributed by atoms with E-state index in [9.17, 15) is 5.11 Å². The number of aromatic nitrogens is 3. The van der Waals surface area contributed by atoms with E-state index in [1.165, 1.54) is 0 Å². The van der Waals surface area contributed by atoms with Gasteiger partial charge >= 0.3 is 0 Å². The molecule has 22 heavy (non-hydrogen) atoms. The van der Waals surface area contributed by atoms with Crippen molar-refractivity contribution in [1.82, 2.24) is 19.7 Å². The first-order chi connectivity index (χ1) is 10.7. The largest absolute Gasteiger partial charge is 0.391 e. The molecule has 1 fully saturated rings. The normalized spacial score (nSPS) is 20.9. The molecule has 1 aromatic carbocycles. The van der Waals surface area contributed by atoms with Crippen molar-refractivity contribution in [3.05, 3.63) is 48.0 Å². The fraction of sp³-hybridized carbons (Fsp3) is 0.500. The molecule has 0 aliphatic carbocycles. The van der Waals surface area contributed by atoms with Crippen molar-refractivity contribution >= 4 is 0 Å². The Kier molecular flexibility index (Phi) is 4.82. The quantitative estimate of drug-likeness (QED) is 0.885. The molecule has 3 rings (SSSR count). The number of nitrogens with zero attached hydrogens (tertiary/aromatic N) is 4. The first-order valence-electron chi connectivity index (χ1n) is 7.62. The number of aliphatic hydroxyl groups excluding tert-OH is 1. The summed E-state index contributed by atoms with van der Waals surface area (Å²) in [5.41, 5.74) is 1.16. The van der Waals surface area contributed by atoms with E-state index in [1.807, 2.05) is 41.9 Å². The Morgan fingerprint density at radius 2 is 2.18 bits per heavy atom.